The van der Waals surface area contributed by atoms with Crippen LogP contribution in [0.15, 0.2) is 72.8 Å². The molecule has 0 atom stereocenters. The molecule has 0 aliphatic heterocycles. The molecule has 0 aliphatic rings. The van der Waals surface area contributed by atoms with E-state index in [0.29, 0.717) is 17.2 Å². The van der Waals surface area contributed by atoms with Crippen molar-refractivity contribution in [1.29, 1.82) is 0 Å². The number of aryl methyl sites for hydroxylation is 1. The number of anilines is 2. The number of hydrogen-bond donors (Lipinski definition) is 2. The van der Waals surface area contributed by atoms with Gasteiger partial charge in [-0.05, 0) is 30.2 Å². The van der Waals surface area contributed by atoms with Gasteiger partial charge in [-0.1, -0.05) is 60.7 Å². The van der Waals surface area contributed by atoms with E-state index in [-0.39, 0.29) is 5.91 Å². The Labute approximate surface area is 141 Å². The molecule has 3 rings (SSSR count). The fourth-order valence-corrected chi connectivity index (χ4v) is 2.63. The molecule has 3 N–H and O–H groups in total. The maximum atomic E-state index is 12.9. The standard InChI is InChI=1S/C20H19N3O/c1-14-17(21)12-13-18(22-14)23-20(24)19(15-8-4-2-5-9-15)16-10-6-3-7-11-16/h2-13,19H,21H2,1H3,(H,22,23,24). The molecule has 0 aliphatic carbocycles. The Kier molecular flexibility index (Phi) is 4.57. The molecule has 0 saturated carbocycles. The largest absolute Gasteiger partial charge is 0.397 e. The van der Waals surface area contributed by atoms with Gasteiger partial charge in [0.2, 0.25) is 5.91 Å². The van der Waals surface area contributed by atoms with E-state index in [2.05, 4.69) is 10.3 Å². The summed E-state index contributed by atoms with van der Waals surface area (Å²) in [5, 5.41) is 2.90. The van der Waals surface area contributed by atoms with E-state index >= 15 is 0 Å². The highest BCUT2D eigenvalue weighted by atomic mass is 16.1. The fraction of sp³-hybridized carbons (Fsp3) is 0.100. The van der Waals surface area contributed by atoms with Crippen molar-refractivity contribution < 1.29 is 4.79 Å². The Morgan fingerprint density at radius 1 is 0.917 bits per heavy atom. The fourth-order valence-electron chi connectivity index (χ4n) is 2.63. The highest BCUT2D eigenvalue weighted by Gasteiger charge is 2.23. The third-order valence-electron chi connectivity index (χ3n) is 3.91. The summed E-state index contributed by atoms with van der Waals surface area (Å²) in [5.74, 6) is -0.0142. The van der Waals surface area contributed by atoms with Crippen molar-refractivity contribution in [3.8, 4) is 0 Å². The zero-order valence-electron chi connectivity index (χ0n) is 13.4. The average Bonchev–Trinajstić information content (AvgIpc) is 2.60. The van der Waals surface area contributed by atoms with Gasteiger partial charge in [-0.15, -0.1) is 0 Å². The summed E-state index contributed by atoms with van der Waals surface area (Å²) < 4.78 is 0. The number of carbonyl (C=O) groups excluding carboxylic acids is 1. The molecule has 0 unspecified atom stereocenters. The highest BCUT2D eigenvalue weighted by molar-refractivity contribution is 5.97. The first-order chi connectivity index (χ1) is 11.6. The van der Waals surface area contributed by atoms with E-state index in [1.165, 1.54) is 0 Å². The Morgan fingerprint density at radius 2 is 1.46 bits per heavy atom. The third-order valence-corrected chi connectivity index (χ3v) is 3.91. The van der Waals surface area contributed by atoms with Crippen LogP contribution in [0.5, 0.6) is 0 Å². The van der Waals surface area contributed by atoms with Crippen molar-refractivity contribution in [2.45, 2.75) is 12.8 Å². The Morgan fingerprint density at radius 3 is 1.96 bits per heavy atom. The van der Waals surface area contributed by atoms with Gasteiger partial charge in [0.15, 0.2) is 0 Å². The second-order valence-corrected chi connectivity index (χ2v) is 5.61. The molecule has 0 radical (unpaired) electrons. The quantitative estimate of drug-likeness (QED) is 0.770. The van der Waals surface area contributed by atoms with Crippen molar-refractivity contribution >= 4 is 17.4 Å². The van der Waals surface area contributed by atoms with Crippen LogP contribution in [-0.4, -0.2) is 10.9 Å². The van der Waals surface area contributed by atoms with Gasteiger partial charge in [-0.2, -0.15) is 0 Å². The van der Waals surface area contributed by atoms with Gasteiger partial charge in [0.25, 0.3) is 0 Å². The van der Waals surface area contributed by atoms with Crippen molar-refractivity contribution in [2.24, 2.45) is 0 Å². The number of aromatic nitrogens is 1. The monoisotopic (exact) mass is 317 g/mol. The van der Waals surface area contributed by atoms with Gasteiger partial charge < -0.3 is 11.1 Å². The lowest BCUT2D eigenvalue weighted by Gasteiger charge is -2.18. The molecule has 0 fully saturated rings. The number of nitrogens with two attached hydrogens (primary N) is 1. The van der Waals surface area contributed by atoms with Crippen LogP contribution in [0, 0.1) is 6.92 Å². The average molecular weight is 317 g/mol. The Balaban J connectivity index is 1.93. The van der Waals surface area contributed by atoms with Gasteiger partial charge in [0.1, 0.15) is 5.82 Å². The maximum absolute atomic E-state index is 12.9. The van der Waals surface area contributed by atoms with Crippen LogP contribution in [0.4, 0.5) is 11.5 Å². The summed E-state index contributed by atoms with van der Waals surface area (Å²) in [6.45, 7) is 1.82. The zero-order valence-corrected chi connectivity index (χ0v) is 13.4. The number of amides is 1. The van der Waals surface area contributed by atoms with Crippen LogP contribution >= 0.6 is 0 Å². The first-order valence-electron chi connectivity index (χ1n) is 7.79. The normalized spacial score (nSPS) is 10.6. The molecule has 24 heavy (non-hydrogen) atoms. The van der Waals surface area contributed by atoms with E-state index in [0.717, 1.165) is 11.1 Å². The van der Waals surface area contributed by atoms with Crippen LogP contribution in [0.1, 0.15) is 22.7 Å². The summed E-state index contributed by atoms with van der Waals surface area (Å²) in [7, 11) is 0. The Bertz CT molecular complexity index is 793. The van der Waals surface area contributed by atoms with Gasteiger partial charge in [-0.3, -0.25) is 4.79 Å². The number of carbonyl (C=O) groups is 1. The molecule has 2 aromatic carbocycles. The molecule has 1 heterocycles. The summed E-state index contributed by atoms with van der Waals surface area (Å²) in [4.78, 5) is 17.3. The molecule has 120 valence electrons. The molecule has 0 saturated heterocycles. The van der Waals surface area contributed by atoms with Crippen LogP contribution in [0.2, 0.25) is 0 Å². The van der Waals surface area contributed by atoms with E-state index in [1.54, 1.807) is 12.1 Å². The Hall–Kier alpha value is -3.14. The number of nitrogens with one attached hydrogen (secondary N) is 1. The van der Waals surface area contributed by atoms with Gasteiger partial charge in [0, 0.05) is 0 Å². The molecular formula is C20H19N3O. The molecule has 1 amide bonds. The molecule has 4 nitrogen and oxygen atoms in total. The predicted octanol–water partition coefficient (Wildman–Crippen LogP) is 3.74. The first-order valence-corrected chi connectivity index (χ1v) is 7.79. The number of nitrogen functional groups attached to an aromatic ring is 1. The van der Waals surface area contributed by atoms with E-state index in [9.17, 15) is 4.79 Å². The molecule has 1 aromatic heterocycles. The van der Waals surface area contributed by atoms with Crippen molar-refractivity contribution in [1.82, 2.24) is 4.98 Å². The minimum absolute atomic E-state index is 0.121. The lowest BCUT2D eigenvalue weighted by molar-refractivity contribution is -0.116. The maximum Gasteiger partial charge on any atom is 0.237 e. The minimum Gasteiger partial charge on any atom is -0.397 e. The summed E-state index contributed by atoms with van der Waals surface area (Å²) in [5.41, 5.74) is 8.97. The molecule has 0 bridgehead atoms. The topological polar surface area (TPSA) is 68.0 Å². The van der Waals surface area contributed by atoms with E-state index in [4.69, 9.17) is 5.73 Å². The number of nitrogens with zero attached hydrogens (tertiary/aromatic N) is 1. The van der Waals surface area contributed by atoms with Gasteiger partial charge in [0.05, 0.1) is 17.3 Å². The molecule has 4 heteroatoms. The number of hydrogen-bond acceptors (Lipinski definition) is 3. The van der Waals surface area contributed by atoms with Gasteiger partial charge >= 0.3 is 0 Å². The lowest BCUT2D eigenvalue weighted by atomic mass is 9.90. The second-order valence-electron chi connectivity index (χ2n) is 5.61. The van der Waals surface area contributed by atoms with Crippen LogP contribution in [0.25, 0.3) is 0 Å². The van der Waals surface area contributed by atoms with Gasteiger partial charge in [-0.25, -0.2) is 4.98 Å². The van der Waals surface area contributed by atoms with E-state index in [1.807, 2.05) is 67.6 Å². The lowest BCUT2D eigenvalue weighted by Crippen LogP contribution is -2.23. The SMILES string of the molecule is Cc1nc(NC(=O)C(c2ccccc2)c2ccccc2)ccc1N. The minimum atomic E-state index is -0.396. The van der Waals surface area contributed by atoms with E-state index < -0.39 is 5.92 Å². The van der Waals surface area contributed by atoms with Crippen molar-refractivity contribution in [3.05, 3.63) is 89.6 Å². The zero-order chi connectivity index (χ0) is 16.9. The number of pyridine rings is 1. The third kappa shape index (κ3) is 3.43. The smallest absolute Gasteiger partial charge is 0.237 e. The molecule has 0 spiro atoms. The summed E-state index contributed by atoms with van der Waals surface area (Å²) in [6, 6.07) is 22.9. The predicted molar refractivity (Wildman–Crippen MR) is 96.7 cm³/mol. The highest BCUT2D eigenvalue weighted by Crippen LogP contribution is 2.26. The van der Waals surface area contributed by atoms with Crippen LogP contribution < -0.4 is 11.1 Å². The van der Waals surface area contributed by atoms with Crippen LogP contribution in [-0.2, 0) is 4.79 Å². The molecular weight excluding hydrogens is 298 g/mol. The number of rotatable bonds is 4. The van der Waals surface area contributed by atoms with Crippen molar-refractivity contribution in [2.75, 3.05) is 11.1 Å². The first kappa shape index (κ1) is 15.7. The summed E-state index contributed by atoms with van der Waals surface area (Å²) >= 11 is 0. The molecule has 3 aromatic rings. The van der Waals surface area contributed by atoms with Crippen LogP contribution in [0.3, 0.4) is 0 Å². The summed E-state index contributed by atoms with van der Waals surface area (Å²) in [6.07, 6.45) is 0. The van der Waals surface area contributed by atoms with Crippen molar-refractivity contribution in [3.63, 3.8) is 0 Å². The number of benzene rings is 2. The second kappa shape index (κ2) is 6.96.